The Hall–Kier alpha value is -1.20. The van der Waals surface area contributed by atoms with Crippen molar-refractivity contribution in [2.45, 2.75) is 24.5 Å². The minimum absolute atomic E-state index is 0.143. The molecule has 0 saturated carbocycles. The second-order valence-corrected chi connectivity index (χ2v) is 6.74. The summed E-state index contributed by atoms with van der Waals surface area (Å²) in [5.74, 6) is 0. The molecule has 2 fully saturated rings. The number of hydrogen-bond acceptors (Lipinski definition) is 8. The van der Waals surface area contributed by atoms with Crippen molar-refractivity contribution in [3.8, 4) is 0 Å². The van der Waals surface area contributed by atoms with Gasteiger partial charge in [-0.05, 0) is 0 Å². The van der Waals surface area contributed by atoms with Gasteiger partial charge in [0.1, 0.15) is 29.5 Å². The van der Waals surface area contributed by atoms with E-state index >= 15 is 0 Å². The molecule has 0 radical (unpaired) electrons. The van der Waals surface area contributed by atoms with Crippen LogP contribution in [-0.2, 0) is 18.3 Å². The zero-order chi connectivity index (χ0) is 15.5. The first-order chi connectivity index (χ1) is 10.5. The van der Waals surface area contributed by atoms with Crippen LogP contribution < -0.4 is 0 Å². The number of ether oxygens (including phenoxy) is 1. The largest absolute Gasteiger partial charge is 0.472 e. The number of aliphatic hydroxyl groups is 1. The molecule has 0 aliphatic carbocycles. The molecule has 2 aliphatic heterocycles. The molecule has 2 aromatic rings. The Morgan fingerprint density at radius 3 is 3.14 bits per heavy atom. The molecule has 0 spiro atoms. The molecule has 22 heavy (non-hydrogen) atoms. The van der Waals surface area contributed by atoms with Gasteiger partial charge in [-0.25, -0.2) is 14.5 Å². The molecule has 12 heteroatoms. The van der Waals surface area contributed by atoms with Gasteiger partial charge < -0.3 is 19.7 Å². The number of H-pyrrole nitrogens is 1. The Morgan fingerprint density at radius 2 is 2.32 bits per heavy atom. The zero-order valence-corrected chi connectivity index (χ0v) is 12.6. The molecule has 0 bridgehead atoms. The summed E-state index contributed by atoms with van der Waals surface area (Å²) in [7, 11) is -4.15. The number of imidazole rings is 1. The van der Waals surface area contributed by atoms with E-state index in [9.17, 15) is 14.6 Å². The Bertz CT molecular complexity index is 838. The van der Waals surface area contributed by atoms with E-state index in [0.717, 1.165) is 0 Å². The van der Waals surface area contributed by atoms with Crippen molar-refractivity contribution in [1.29, 1.82) is 0 Å². The second-order valence-electron chi connectivity index (χ2n) is 4.95. The molecule has 0 amide bonds. The maximum Gasteiger partial charge on any atom is 0.472 e. The van der Waals surface area contributed by atoms with Crippen molar-refractivity contribution in [1.82, 2.24) is 19.5 Å². The zero-order valence-electron chi connectivity index (χ0n) is 10.9. The Balaban J connectivity index is 1.73. The summed E-state index contributed by atoms with van der Waals surface area (Å²) in [6.45, 7) is -0.143. The van der Waals surface area contributed by atoms with Gasteiger partial charge in [0, 0.05) is 0 Å². The van der Waals surface area contributed by atoms with Crippen molar-refractivity contribution in [2.24, 2.45) is 0 Å². The molecular formula is C10H11N4O6PS. The van der Waals surface area contributed by atoms with Crippen molar-refractivity contribution in [3.05, 3.63) is 17.3 Å². The van der Waals surface area contributed by atoms with Gasteiger partial charge in [-0.3, -0.25) is 13.6 Å². The maximum absolute atomic E-state index is 11.5. The van der Waals surface area contributed by atoms with E-state index in [2.05, 4.69) is 15.0 Å². The van der Waals surface area contributed by atoms with Gasteiger partial charge in [0.25, 0.3) is 0 Å². The van der Waals surface area contributed by atoms with Crippen LogP contribution in [-0.4, -0.2) is 54.4 Å². The van der Waals surface area contributed by atoms with E-state index in [1.807, 2.05) is 0 Å². The molecule has 4 rings (SSSR count). The number of aromatic amines is 1. The number of nitrogens with zero attached hydrogens (tertiary/aromatic N) is 3. The summed E-state index contributed by atoms with van der Waals surface area (Å²) in [6, 6.07) is 0. The summed E-state index contributed by atoms with van der Waals surface area (Å²) in [5.41, 5.74) is 0.990. The van der Waals surface area contributed by atoms with E-state index in [1.54, 1.807) is 4.57 Å². The lowest BCUT2D eigenvalue weighted by atomic mass is 10.1. The van der Waals surface area contributed by atoms with Gasteiger partial charge in [0.2, 0.25) is 0 Å². The maximum atomic E-state index is 11.5. The topological polar surface area (TPSA) is 132 Å². The molecule has 10 nitrogen and oxygen atoms in total. The predicted octanol–water partition coefficient (Wildman–Crippen LogP) is 0.263. The van der Waals surface area contributed by atoms with Gasteiger partial charge in [-0.15, -0.1) is 0 Å². The average Bonchev–Trinajstić information content (AvgIpc) is 3.01. The van der Waals surface area contributed by atoms with Crippen molar-refractivity contribution in [2.75, 3.05) is 6.61 Å². The van der Waals surface area contributed by atoms with Crippen molar-refractivity contribution in [3.63, 3.8) is 0 Å². The molecule has 5 atom stereocenters. The first-order valence-corrected chi connectivity index (χ1v) is 8.26. The van der Waals surface area contributed by atoms with E-state index < -0.39 is 32.4 Å². The van der Waals surface area contributed by atoms with Crippen LogP contribution in [0.3, 0.4) is 0 Å². The fourth-order valence-electron chi connectivity index (χ4n) is 2.63. The smallest absolute Gasteiger partial charge is 0.386 e. The number of aliphatic hydroxyl groups excluding tert-OH is 1. The highest BCUT2D eigenvalue weighted by Crippen LogP contribution is 2.52. The highest BCUT2D eigenvalue weighted by Gasteiger charge is 2.52. The summed E-state index contributed by atoms with van der Waals surface area (Å²) in [6.07, 6.45) is -0.771. The molecule has 4 heterocycles. The van der Waals surface area contributed by atoms with Crippen molar-refractivity contribution >= 4 is 31.2 Å². The number of fused-ring (bicyclic) bond motifs is 2. The van der Waals surface area contributed by atoms with Gasteiger partial charge >= 0.3 is 7.82 Å². The van der Waals surface area contributed by atoms with E-state index in [-0.39, 0.29) is 6.61 Å². The molecule has 2 aromatic heterocycles. The standard InChI is InChI=1S/C10H11N4O6PS/c15-6-7-4(1-18-21(16,17)20-7)19-10(6)14-3-13-5-8(14)11-2-12-9(5)22/h2-4,6-7,10,15H,1H2,(H,16,17)(H,11,12,22)/t4?,6-,7?,10-/m1/s1. The van der Waals surface area contributed by atoms with Crippen LogP contribution in [0.1, 0.15) is 6.23 Å². The van der Waals surface area contributed by atoms with Crippen LogP contribution in [0, 0.1) is 4.64 Å². The van der Waals surface area contributed by atoms with Crippen molar-refractivity contribution < 1.29 is 28.3 Å². The molecule has 118 valence electrons. The van der Waals surface area contributed by atoms with Crippen LogP contribution >= 0.6 is 20.0 Å². The first kappa shape index (κ1) is 14.4. The lowest BCUT2D eigenvalue weighted by Gasteiger charge is -2.27. The monoisotopic (exact) mass is 346 g/mol. The predicted molar refractivity (Wildman–Crippen MR) is 73.3 cm³/mol. The first-order valence-electron chi connectivity index (χ1n) is 6.36. The normalized spacial score (nSPS) is 38.3. The fourth-order valence-corrected chi connectivity index (χ4v) is 3.80. The Morgan fingerprint density at radius 1 is 1.50 bits per heavy atom. The second kappa shape index (κ2) is 4.90. The number of hydrogen-bond donors (Lipinski definition) is 3. The highest BCUT2D eigenvalue weighted by atomic mass is 32.1. The summed E-state index contributed by atoms with van der Waals surface area (Å²) >= 11 is 5.08. The highest BCUT2D eigenvalue weighted by molar-refractivity contribution is 7.71. The quantitative estimate of drug-likeness (QED) is 0.491. The summed E-state index contributed by atoms with van der Waals surface area (Å²) in [5, 5.41) is 10.4. The van der Waals surface area contributed by atoms with Gasteiger partial charge in [-0.1, -0.05) is 12.2 Å². The van der Waals surface area contributed by atoms with Crippen LogP contribution in [0.4, 0.5) is 0 Å². The van der Waals surface area contributed by atoms with Crippen LogP contribution in [0.2, 0.25) is 0 Å². The number of phosphoric acid groups is 1. The third-order valence-corrected chi connectivity index (χ3v) is 4.90. The van der Waals surface area contributed by atoms with E-state index in [1.165, 1.54) is 12.7 Å². The SMILES string of the molecule is O=P1(O)OCC2O[C@@H](n3cnc4c(=S)nc[nH]c43)[C@H](O)C2O1. The van der Waals surface area contributed by atoms with E-state index in [4.69, 9.17) is 26.0 Å². The lowest BCUT2D eigenvalue weighted by Crippen LogP contribution is -2.39. The number of aromatic nitrogens is 4. The van der Waals surface area contributed by atoms with Gasteiger partial charge in [0.15, 0.2) is 10.9 Å². The molecular weight excluding hydrogens is 335 g/mol. The van der Waals surface area contributed by atoms with Gasteiger partial charge in [-0.2, -0.15) is 0 Å². The molecule has 2 aliphatic rings. The third-order valence-electron chi connectivity index (χ3n) is 3.62. The Labute approximate surface area is 128 Å². The minimum atomic E-state index is -4.15. The molecule has 3 N–H and O–H groups in total. The van der Waals surface area contributed by atoms with Crippen LogP contribution in [0.15, 0.2) is 12.7 Å². The summed E-state index contributed by atoms with van der Waals surface area (Å²) < 4.78 is 28.6. The van der Waals surface area contributed by atoms with Crippen LogP contribution in [0.5, 0.6) is 0 Å². The van der Waals surface area contributed by atoms with E-state index in [0.29, 0.717) is 15.8 Å². The molecule has 0 aromatic carbocycles. The number of nitrogens with one attached hydrogen (secondary N) is 1. The van der Waals surface area contributed by atoms with Crippen LogP contribution in [0.25, 0.3) is 11.2 Å². The number of rotatable bonds is 1. The molecule has 3 unspecified atom stereocenters. The van der Waals surface area contributed by atoms with Gasteiger partial charge in [0.05, 0.1) is 19.3 Å². The fraction of sp³-hybridized carbons (Fsp3) is 0.500. The third kappa shape index (κ3) is 2.14. The summed E-state index contributed by atoms with van der Waals surface area (Å²) in [4.78, 5) is 20.3. The lowest BCUT2D eigenvalue weighted by molar-refractivity contribution is -0.0664. The number of phosphoric ester groups is 1. The minimum Gasteiger partial charge on any atom is -0.386 e. The average molecular weight is 346 g/mol. The Kier molecular flexibility index (Phi) is 3.20. The molecule has 2 saturated heterocycles.